The molecular formula is C9H11NO4. The van der Waals surface area contributed by atoms with Gasteiger partial charge in [0.1, 0.15) is 5.60 Å². The summed E-state index contributed by atoms with van der Waals surface area (Å²) in [6.45, 7) is 0.648. The smallest absolute Gasteiger partial charge is 0.200 e. The van der Waals surface area contributed by atoms with Crippen molar-refractivity contribution in [2.24, 2.45) is 0 Å². The lowest BCUT2D eigenvalue weighted by Crippen LogP contribution is -2.56. The zero-order valence-electron chi connectivity index (χ0n) is 7.36. The average molecular weight is 197 g/mol. The molecule has 0 radical (unpaired) electrons. The second-order valence-electron chi connectivity index (χ2n) is 3.46. The fourth-order valence-electron chi connectivity index (χ4n) is 1.50. The van der Waals surface area contributed by atoms with Crippen LogP contribution in [0, 0.1) is 0 Å². The van der Waals surface area contributed by atoms with E-state index in [4.69, 9.17) is 5.11 Å². The molecule has 0 spiro atoms. The maximum absolute atomic E-state index is 9.86. The maximum Gasteiger partial charge on any atom is 0.200 e. The Hall–Kier alpha value is -1.46. The first-order chi connectivity index (χ1) is 6.54. The van der Waals surface area contributed by atoms with E-state index in [1.165, 1.54) is 12.1 Å². The largest absolute Gasteiger partial charge is 0.504 e. The number of hydrogen-bond donors (Lipinski definition) is 5. The summed E-state index contributed by atoms with van der Waals surface area (Å²) in [6, 6.07) is 2.63. The highest BCUT2D eigenvalue weighted by molar-refractivity contribution is 5.55. The maximum atomic E-state index is 9.86. The van der Waals surface area contributed by atoms with E-state index in [9.17, 15) is 15.3 Å². The van der Waals surface area contributed by atoms with Crippen molar-refractivity contribution in [2.45, 2.75) is 5.60 Å². The van der Waals surface area contributed by atoms with Crippen LogP contribution in [-0.4, -0.2) is 33.5 Å². The summed E-state index contributed by atoms with van der Waals surface area (Å²) in [6.07, 6.45) is 0. The van der Waals surface area contributed by atoms with E-state index in [2.05, 4.69) is 5.32 Å². The minimum Gasteiger partial charge on any atom is -0.504 e. The first-order valence-electron chi connectivity index (χ1n) is 4.22. The lowest BCUT2D eigenvalue weighted by atomic mass is 9.87. The number of β-amino-alcohol motifs (C(OH)–C–C–N with tert-alkyl or cyclic N) is 1. The summed E-state index contributed by atoms with van der Waals surface area (Å²) in [5, 5.41) is 40.5. The third-order valence-corrected chi connectivity index (χ3v) is 2.47. The van der Waals surface area contributed by atoms with E-state index in [1.807, 2.05) is 0 Å². The van der Waals surface area contributed by atoms with Crippen molar-refractivity contribution < 1.29 is 20.4 Å². The molecule has 1 saturated heterocycles. The summed E-state index contributed by atoms with van der Waals surface area (Å²) in [7, 11) is 0. The van der Waals surface area contributed by atoms with Crippen molar-refractivity contribution in [1.29, 1.82) is 0 Å². The van der Waals surface area contributed by atoms with Crippen LogP contribution in [-0.2, 0) is 5.60 Å². The quantitative estimate of drug-likeness (QED) is 0.395. The SMILES string of the molecule is Oc1ccc(C2(O)CNC2)c(O)c1O. The fourth-order valence-corrected chi connectivity index (χ4v) is 1.50. The lowest BCUT2D eigenvalue weighted by molar-refractivity contribution is -0.0167. The highest BCUT2D eigenvalue weighted by atomic mass is 16.3. The zero-order chi connectivity index (χ0) is 10.3. The summed E-state index contributed by atoms with van der Waals surface area (Å²) >= 11 is 0. The molecule has 2 rings (SSSR count). The molecule has 14 heavy (non-hydrogen) atoms. The van der Waals surface area contributed by atoms with Gasteiger partial charge in [-0.05, 0) is 12.1 Å². The van der Waals surface area contributed by atoms with Crippen LogP contribution in [0.4, 0.5) is 0 Å². The minimum absolute atomic E-state index is 0.228. The zero-order valence-corrected chi connectivity index (χ0v) is 7.36. The second kappa shape index (κ2) is 2.76. The Bertz CT molecular complexity index is 373. The average Bonchev–Trinajstić information content (AvgIpc) is 2.11. The molecule has 1 aromatic rings. The first-order valence-corrected chi connectivity index (χ1v) is 4.22. The number of phenolic OH excluding ortho intramolecular Hbond substituents is 3. The van der Waals surface area contributed by atoms with Gasteiger partial charge in [-0.1, -0.05) is 0 Å². The molecule has 0 aromatic heterocycles. The lowest BCUT2D eigenvalue weighted by Gasteiger charge is -2.38. The minimum atomic E-state index is -1.14. The van der Waals surface area contributed by atoms with Gasteiger partial charge >= 0.3 is 0 Å². The van der Waals surface area contributed by atoms with Crippen molar-refractivity contribution >= 4 is 0 Å². The van der Waals surface area contributed by atoms with Gasteiger partial charge in [0, 0.05) is 18.7 Å². The molecule has 1 aliphatic rings. The highest BCUT2D eigenvalue weighted by Crippen LogP contribution is 2.42. The van der Waals surface area contributed by atoms with Gasteiger partial charge in [-0.2, -0.15) is 0 Å². The Morgan fingerprint density at radius 3 is 2.21 bits per heavy atom. The Kier molecular flexibility index (Phi) is 1.80. The number of hydrogen-bond acceptors (Lipinski definition) is 5. The van der Waals surface area contributed by atoms with Crippen LogP contribution in [0.15, 0.2) is 12.1 Å². The van der Waals surface area contributed by atoms with Crippen LogP contribution in [0.3, 0.4) is 0 Å². The fraction of sp³-hybridized carbons (Fsp3) is 0.333. The number of benzene rings is 1. The van der Waals surface area contributed by atoms with Crippen LogP contribution in [0.2, 0.25) is 0 Å². The van der Waals surface area contributed by atoms with E-state index in [1.54, 1.807) is 0 Å². The first kappa shape index (κ1) is 9.11. The Labute approximate surface area is 80.2 Å². The molecule has 5 N–H and O–H groups in total. The molecule has 0 unspecified atom stereocenters. The topological polar surface area (TPSA) is 93.0 Å². The third kappa shape index (κ3) is 1.10. The molecule has 76 valence electrons. The Morgan fingerprint density at radius 1 is 1.07 bits per heavy atom. The Balaban J connectivity index is 2.49. The number of nitrogens with one attached hydrogen (secondary N) is 1. The normalized spacial score (nSPS) is 18.9. The number of aromatic hydroxyl groups is 3. The number of phenols is 3. The van der Waals surface area contributed by atoms with Gasteiger partial charge in [-0.25, -0.2) is 0 Å². The summed E-state index contributed by atoms with van der Waals surface area (Å²) in [5.74, 6) is -1.46. The third-order valence-electron chi connectivity index (χ3n) is 2.47. The van der Waals surface area contributed by atoms with E-state index in [-0.39, 0.29) is 5.56 Å². The van der Waals surface area contributed by atoms with E-state index < -0.39 is 22.8 Å². The summed E-state index contributed by atoms with van der Waals surface area (Å²) < 4.78 is 0. The van der Waals surface area contributed by atoms with Gasteiger partial charge in [0.2, 0.25) is 5.75 Å². The molecule has 5 heteroatoms. The van der Waals surface area contributed by atoms with Crippen LogP contribution < -0.4 is 5.32 Å². The van der Waals surface area contributed by atoms with Gasteiger partial charge < -0.3 is 25.7 Å². The standard InChI is InChI=1S/C9H11NO4/c11-6-2-1-5(7(12)8(6)13)9(14)3-10-4-9/h1-2,10-14H,3-4H2. The number of aliphatic hydroxyl groups is 1. The van der Waals surface area contributed by atoms with Crippen molar-refractivity contribution in [3.8, 4) is 17.2 Å². The molecule has 1 aliphatic heterocycles. The van der Waals surface area contributed by atoms with Gasteiger partial charge in [-0.15, -0.1) is 0 Å². The van der Waals surface area contributed by atoms with Crippen molar-refractivity contribution in [3.05, 3.63) is 17.7 Å². The predicted molar refractivity (Wildman–Crippen MR) is 48.2 cm³/mol. The molecule has 0 atom stereocenters. The molecule has 0 saturated carbocycles. The molecule has 0 aliphatic carbocycles. The molecule has 0 bridgehead atoms. The van der Waals surface area contributed by atoms with Gasteiger partial charge in [0.05, 0.1) is 0 Å². The van der Waals surface area contributed by atoms with E-state index in [0.717, 1.165) is 0 Å². The monoisotopic (exact) mass is 197 g/mol. The summed E-state index contributed by atoms with van der Waals surface area (Å²) in [4.78, 5) is 0. The highest BCUT2D eigenvalue weighted by Gasteiger charge is 2.39. The van der Waals surface area contributed by atoms with Crippen LogP contribution >= 0.6 is 0 Å². The van der Waals surface area contributed by atoms with E-state index in [0.29, 0.717) is 13.1 Å². The summed E-state index contributed by atoms with van der Waals surface area (Å²) in [5.41, 5.74) is -0.915. The van der Waals surface area contributed by atoms with Gasteiger partial charge in [0.25, 0.3) is 0 Å². The molecule has 1 heterocycles. The Morgan fingerprint density at radius 2 is 1.71 bits per heavy atom. The van der Waals surface area contributed by atoms with Gasteiger partial charge in [-0.3, -0.25) is 0 Å². The second-order valence-corrected chi connectivity index (χ2v) is 3.46. The van der Waals surface area contributed by atoms with Gasteiger partial charge in [0.15, 0.2) is 11.5 Å². The molecule has 0 amide bonds. The van der Waals surface area contributed by atoms with Crippen LogP contribution in [0.1, 0.15) is 5.56 Å². The molecule has 1 aromatic carbocycles. The predicted octanol–water partition coefficient (Wildman–Crippen LogP) is -0.406. The van der Waals surface area contributed by atoms with Crippen molar-refractivity contribution in [2.75, 3.05) is 13.1 Å². The molecule has 1 fully saturated rings. The molecule has 5 nitrogen and oxygen atoms in total. The number of rotatable bonds is 1. The molecular weight excluding hydrogens is 186 g/mol. The van der Waals surface area contributed by atoms with Crippen LogP contribution in [0.5, 0.6) is 17.2 Å². The van der Waals surface area contributed by atoms with Crippen molar-refractivity contribution in [3.63, 3.8) is 0 Å². The van der Waals surface area contributed by atoms with Crippen LogP contribution in [0.25, 0.3) is 0 Å². The van der Waals surface area contributed by atoms with E-state index >= 15 is 0 Å². The van der Waals surface area contributed by atoms with Crippen molar-refractivity contribution in [1.82, 2.24) is 5.32 Å².